The first-order valence-electron chi connectivity index (χ1n) is 14.0. The zero-order valence-electron chi connectivity index (χ0n) is 23.2. The largest absolute Gasteiger partial charge is 0.380 e. The molecule has 2 N–H and O–H groups in total. The van der Waals surface area contributed by atoms with E-state index in [1.807, 2.05) is 133 Å². The summed E-state index contributed by atoms with van der Waals surface area (Å²) < 4.78 is 6.11. The van der Waals surface area contributed by atoms with Crippen molar-refractivity contribution < 1.29 is 19.7 Å². The summed E-state index contributed by atoms with van der Waals surface area (Å²) in [6.07, 6.45) is -4.35. The third kappa shape index (κ3) is 7.72. The van der Waals surface area contributed by atoms with Crippen molar-refractivity contribution in [2.45, 2.75) is 38.0 Å². The number of carbonyl (C=O) groups excluding carboxylic acids is 1. The van der Waals surface area contributed by atoms with Gasteiger partial charge in [-0.1, -0.05) is 127 Å². The molecule has 0 bridgehead atoms. The number of nitrogens with zero attached hydrogens (tertiary/aromatic N) is 1. The summed E-state index contributed by atoms with van der Waals surface area (Å²) in [4.78, 5) is 15.5. The highest BCUT2D eigenvalue weighted by Crippen LogP contribution is 2.20. The van der Waals surface area contributed by atoms with Crippen LogP contribution in [0.3, 0.4) is 0 Å². The lowest BCUT2D eigenvalue weighted by atomic mass is 10.0. The summed E-state index contributed by atoms with van der Waals surface area (Å²) in [7, 11) is 0. The fourth-order valence-electron chi connectivity index (χ4n) is 4.78. The van der Waals surface area contributed by atoms with E-state index in [4.69, 9.17) is 4.74 Å². The van der Waals surface area contributed by atoms with Crippen LogP contribution in [0.2, 0.25) is 0 Å². The molecule has 3 atom stereocenters. The Morgan fingerprint density at radius 2 is 1.21 bits per heavy atom. The van der Waals surface area contributed by atoms with Gasteiger partial charge in [-0.2, -0.15) is 0 Å². The van der Waals surface area contributed by atoms with Crippen LogP contribution in [0.1, 0.15) is 22.3 Å². The maximum absolute atomic E-state index is 13.9. The maximum atomic E-state index is 13.9. The molecule has 5 aromatic carbocycles. The van der Waals surface area contributed by atoms with Crippen molar-refractivity contribution in [3.05, 3.63) is 156 Å². The number of amides is 1. The lowest BCUT2D eigenvalue weighted by Crippen LogP contribution is -2.49. The molecular formula is C37H33NO4. The number of ether oxygens (including phenoxy) is 1. The fourth-order valence-corrected chi connectivity index (χ4v) is 4.78. The monoisotopic (exact) mass is 555 g/mol. The molecule has 0 radical (unpaired) electrons. The van der Waals surface area contributed by atoms with Gasteiger partial charge in [0.05, 0.1) is 6.61 Å². The van der Waals surface area contributed by atoms with Crippen molar-refractivity contribution in [1.82, 2.24) is 4.90 Å². The molecule has 210 valence electrons. The molecule has 3 unspecified atom stereocenters. The van der Waals surface area contributed by atoms with Crippen LogP contribution in [0.5, 0.6) is 0 Å². The van der Waals surface area contributed by atoms with Crippen molar-refractivity contribution in [2.75, 3.05) is 0 Å². The minimum absolute atomic E-state index is 0.0846. The SMILES string of the molecule is O=C(C(O)C(OCc1ccc2ccccc2c1)C(O)C#Cc1ccccc1)N(Cc1ccccc1)Cc1ccccc1. The van der Waals surface area contributed by atoms with Crippen molar-refractivity contribution in [3.63, 3.8) is 0 Å². The third-order valence-corrected chi connectivity index (χ3v) is 7.01. The first-order valence-corrected chi connectivity index (χ1v) is 14.0. The van der Waals surface area contributed by atoms with Gasteiger partial charge in [0.15, 0.2) is 6.10 Å². The molecule has 0 aliphatic carbocycles. The molecule has 0 saturated heterocycles. The van der Waals surface area contributed by atoms with E-state index in [1.165, 1.54) is 0 Å². The average molecular weight is 556 g/mol. The molecule has 1 amide bonds. The highest BCUT2D eigenvalue weighted by Gasteiger charge is 2.35. The Hall–Kier alpha value is -4.73. The highest BCUT2D eigenvalue weighted by molar-refractivity contribution is 5.83. The highest BCUT2D eigenvalue weighted by atomic mass is 16.5. The van der Waals surface area contributed by atoms with Crippen LogP contribution in [0, 0.1) is 11.8 Å². The number of carbonyl (C=O) groups is 1. The number of hydrogen-bond donors (Lipinski definition) is 2. The van der Waals surface area contributed by atoms with Crippen molar-refractivity contribution in [1.29, 1.82) is 0 Å². The van der Waals surface area contributed by atoms with Gasteiger partial charge in [-0.15, -0.1) is 0 Å². The standard InChI is InChI=1S/C37H33NO4/c39-34(23-21-28-12-4-1-5-13-28)36(42-27-31-20-22-32-18-10-11-19-33(32)24-31)35(40)37(41)38(25-29-14-6-2-7-15-29)26-30-16-8-3-9-17-30/h1-20,22,24,34-36,39-40H,25-27H2. The molecule has 0 spiro atoms. The Kier molecular flexibility index (Phi) is 9.77. The number of aliphatic hydroxyl groups excluding tert-OH is 2. The molecule has 0 fully saturated rings. The number of hydrogen-bond acceptors (Lipinski definition) is 4. The van der Waals surface area contributed by atoms with Gasteiger partial charge in [0.25, 0.3) is 5.91 Å². The van der Waals surface area contributed by atoms with E-state index >= 15 is 0 Å². The van der Waals surface area contributed by atoms with Gasteiger partial charge in [-0.3, -0.25) is 4.79 Å². The minimum atomic E-state index is -1.65. The van der Waals surface area contributed by atoms with Gasteiger partial charge >= 0.3 is 0 Å². The van der Waals surface area contributed by atoms with E-state index in [0.717, 1.165) is 27.5 Å². The normalized spacial score (nSPS) is 13.0. The Labute approximate surface area is 246 Å². The summed E-state index contributed by atoms with van der Waals surface area (Å²) in [5.41, 5.74) is 3.41. The van der Waals surface area contributed by atoms with Crippen molar-refractivity contribution in [3.8, 4) is 11.8 Å². The molecule has 5 rings (SSSR count). The van der Waals surface area contributed by atoms with Crippen LogP contribution in [-0.4, -0.2) is 39.3 Å². The number of aliphatic hydroxyl groups is 2. The Morgan fingerprint density at radius 1 is 0.667 bits per heavy atom. The van der Waals surface area contributed by atoms with Gasteiger partial charge < -0.3 is 19.8 Å². The summed E-state index contributed by atoms with van der Waals surface area (Å²) in [5, 5.41) is 24.8. The molecule has 0 aliphatic heterocycles. The first-order chi connectivity index (χ1) is 20.6. The summed E-state index contributed by atoms with van der Waals surface area (Å²) >= 11 is 0. The molecule has 0 aliphatic rings. The second-order valence-corrected chi connectivity index (χ2v) is 10.1. The third-order valence-electron chi connectivity index (χ3n) is 7.01. The van der Waals surface area contributed by atoms with E-state index in [9.17, 15) is 15.0 Å². The fraction of sp³-hybridized carbons (Fsp3) is 0.162. The molecule has 0 heterocycles. The first kappa shape index (κ1) is 28.8. The Bertz CT molecular complexity index is 1600. The second kappa shape index (κ2) is 14.2. The van der Waals surface area contributed by atoms with E-state index in [0.29, 0.717) is 5.56 Å². The number of rotatable bonds is 10. The van der Waals surface area contributed by atoms with Gasteiger partial charge in [0.1, 0.15) is 12.2 Å². The smallest absolute Gasteiger partial charge is 0.254 e. The zero-order valence-corrected chi connectivity index (χ0v) is 23.2. The van der Waals surface area contributed by atoms with E-state index < -0.39 is 24.2 Å². The van der Waals surface area contributed by atoms with Crippen LogP contribution < -0.4 is 0 Å². The molecule has 0 saturated carbocycles. The average Bonchev–Trinajstić information content (AvgIpc) is 3.04. The Balaban J connectivity index is 1.41. The van der Waals surface area contributed by atoms with E-state index in [1.54, 1.807) is 4.90 Å². The molecule has 5 nitrogen and oxygen atoms in total. The number of benzene rings is 5. The molecule has 5 aromatic rings. The summed E-state index contributed by atoms with van der Waals surface area (Å²) in [5.74, 6) is 5.17. The predicted octanol–water partition coefficient (Wildman–Crippen LogP) is 5.73. The van der Waals surface area contributed by atoms with E-state index in [-0.39, 0.29) is 19.7 Å². The van der Waals surface area contributed by atoms with Crippen LogP contribution in [0.4, 0.5) is 0 Å². The van der Waals surface area contributed by atoms with Crippen LogP contribution in [0.15, 0.2) is 133 Å². The van der Waals surface area contributed by atoms with Gasteiger partial charge in [-0.25, -0.2) is 0 Å². The molecular weight excluding hydrogens is 522 g/mol. The zero-order chi connectivity index (χ0) is 29.1. The molecule has 42 heavy (non-hydrogen) atoms. The van der Waals surface area contributed by atoms with Crippen molar-refractivity contribution in [2.24, 2.45) is 0 Å². The topological polar surface area (TPSA) is 70.0 Å². The van der Waals surface area contributed by atoms with Crippen LogP contribution in [-0.2, 0) is 29.2 Å². The molecule has 0 aromatic heterocycles. The quantitative estimate of drug-likeness (QED) is 0.216. The summed E-state index contributed by atoms with van der Waals surface area (Å²) in [6.45, 7) is 0.658. The lowest BCUT2D eigenvalue weighted by molar-refractivity contribution is -0.157. The van der Waals surface area contributed by atoms with Gasteiger partial charge in [-0.05, 0) is 45.7 Å². The van der Waals surface area contributed by atoms with Gasteiger partial charge in [0.2, 0.25) is 0 Å². The minimum Gasteiger partial charge on any atom is -0.380 e. The van der Waals surface area contributed by atoms with Crippen LogP contribution in [0.25, 0.3) is 10.8 Å². The van der Waals surface area contributed by atoms with Crippen LogP contribution >= 0.6 is 0 Å². The lowest BCUT2D eigenvalue weighted by Gasteiger charge is -2.30. The predicted molar refractivity (Wildman–Crippen MR) is 165 cm³/mol. The Morgan fingerprint density at radius 3 is 1.83 bits per heavy atom. The maximum Gasteiger partial charge on any atom is 0.254 e. The second-order valence-electron chi connectivity index (χ2n) is 10.1. The number of fused-ring (bicyclic) bond motifs is 1. The summed E-state index contributed by atoms with van der Waals surface area (Å²) in [6, 6.07) is 42.4. The van der Waals surface area contributed by atoms with Crippen molar-refractivity contribution >= 4 is 16.7 Å². The van der Waals surface area contributed by atoms with E-state index in [2.05, 4.69) is 11.8 Å². The van der Waals surface area contributed by atoms with Gasteiger partial charge in [0, 0.05) is 18.7 Å². The molecule has 5 heteroatoms.